The van der Waals surface area contributed by atoms with E-state index in [4.69, 9.17) is 14.7 Å². The average molecular weight is 645 g/mol. The topological polar surface area (TPSA) is 146 Å². The van der Waals surface area contributed by atoms with E-state index < -0.39 is 18.2 Å². The first-order valence-electron chi connectivity index (χ1n) is 15.4. The Balaban J connectivity index is 1.10. The van der Waals surface area contributed by atoms with E-state index in [2.05, 4.69) is 25.9 Å². The minimum Gasteiger partial charge on any atom is -0.476 e. The van der Waals surface area contributed by atoms with Crippen molar-refractivity contribution in [3.63, 3.8) is 0 Å². The van der Waals surface area contributed by atoms with Crippen LogP contribution in [0.2, 0.25) is 0 Å². The van der Waals surface area contributed by atoms with Gasteiger partial charge >= 0.3 is 5.97 Å². The zero-order chi connectivity index (χ0) is 32.9. The van der Waals surface area contributed by atoms with Crippen molar-refractivity contribution >= 4 is 29.0 Å². The number of carbonyl (C=O) groups excluding carboxylic acids is 2. The van der Waals surface area contributed by atoms with Crippen molar-refractivity contribution in [3.8, 4) is 23.1 Å². The number of aromatic nitrogens is 3. The molecule has 0 unspecified atom stereocenters. The molecule has 2 fully saturated rings. The maximum atomic E-state index is 15.0. The predicted molar refractivity (Wildman–Crippen MR) is 168 cm³/mol. The number of nitrogens with one attached hydrogen (secondary N) is 3. The molecule has 4 aromatic rings. The summed E-state index contributed by atoms with van der Waals surface area (Å²) in [6.07, 6.45) is 5.61. The summed E-state index contributed by atoms with van der Waals surface area (Å²) >= 11 is 0. The van der Waals surface area contributed by atoms with Crippen LogP contribution in [0.1, 0.15) is 28.8 Å². The van der Waals surface area contributed by atoms with Crippen LogP contribution in [0.4, 0.5) is 20.3 Å². The number of esters is 1. The van der Waals surface area contributed by atoms with Crippen molar-refractivity contribution < 1.29 is 27.8 Å². The summed E-state index contributed by atoms with van der Waals surface area (Å²) in [4.78, 5) is 36.6. The summed E-state index contributed by atoms with van der Waals surface area (Å²) < 4.78 is 41.7. The molecule has 0 bridgehead atoms. The first-order chi connectivity index (χ1) is 22.8. The van der Waals surface area contributed by atoms with Crippen LogP contribution in [-0.4, -0.2) is 83.1 Å². The highest BCUT2D eigenvalue weighted by atomic mass is 19.2. The van der Waals surface area contributed by atoms with Crippen molar-refractivity contribution in [1.82, 2.24) is 29.9 Å². The lowest BCUT2D eigenvalue weighted by molar-refractivity contribution is -0.150. The third kappa shape index (κ3) is 6.86. The molecule has 0 radical (unpaired) electrons. The summed E-state index contributed by atoms with van der Waals surface area (Å²) in [6, 6.07) is 9.81. The van der Waals surface area contributed by atoms with Gasteiger partial charge in [-0.15, -0.1) is 0 Å². The molecular weight excluding hydrogens is 610 g/mol. The quantitative estimate of drug-likeness (QED) is 0.231. The predicted octanol–water partition coefficient (Wildman–Crippen LogP) is 3.59. The number of imidazole rings is 1. The Morgan fingerprint density at radius 2 is 1.96 bits per heavy atom. The van der Waals surface area contributed by atoms with Gasteiger partial charge in [-0.3, -0.25) is 14.0 Å². The number of amides is 1. The van der Waals surface area contributed by atoms with E-state index in [1.165, 1.54) is 24.5 Å². The smallest absolute Gasteiger partial charge is 0.309 e. The average Bonchev–Trinajstić information content (AvgIpc) is 3.53. The standard InChI is InChI=1S/C33H34F2N8O4/c1-20-16-22(2-3-24(20)32(44)42-12-6-21(7-13-42)33(45)47-19-23-17-37-9-10-38-23)41-30-31-40-18-26(43(31)14-11-39-30)25-4-5-27(46-15-8-36)29(35)28(25)34/h2-5,11,14,16,18,21,23,37-38H,6-7,9-10,12-13,15,17,19H2,1H3,(H,39,41)/t23-/m1/s1. The van der Waals surface area contributed by atoms with E-state index in [0.717, 1.165) is 25.2 Å². The van der Waals surface area contributed by atoms with Gasteiger partial charge in [0.05, 0.1) is 23.9 Å². The number of nitrogens with zero attached hydrogens (tertiary/aromatic N) is 5. The van der Waals surface area contributed by atoms with E-state index in [0.29, 0.717) is 60.9 Å². The van der Waals surface area contributed by atoms with Crippen LogP contribution in [0.25, 0.3) is 16.9 Å². The van der Waals surface area contributed by atoms with Crippen LogP contribution < -0.4 is 20.7 Å². The van der Waals surface area contributed by atoms with Crippen LogP contribution in [0.3, 0.4) is 0 Å². The van der Waals surface area contributed by atoms with Crippen LogP contribution in [0.5, 0.6) is 5.75 Å². The van der Waals surface area contributed by atoms with Gasteiger partial charge in [0.15, 0.2) is 29.6 Å². The van der Waals surface area contributed by atoms with Gasteiger partial charge in [0.2, 0.25) is 5.82 Å². The molecule has 3 N–H and O–H groups in total. The maximum absolute atomic E-state index is 15.0. The number of benzene rings is 2. The normalized spacial score (nSPS) is 16.9. The van der Waals surface area contributed by atoms with Crippen molar-refractivity contribution in [2.45, 2.75) is 25.8 Å². The van der Waals surface area contributed by atoms with Gasteiger partial charge < -0.3 is 30.3 Å². The number of aryl methyl sites for hydroxylation is 1. The lowest BCUT2D eigenvalue weighted by Crippen LogP contribution is -2.51. The molecule has 14 heteroatoms. The number of ether oxygens (including phenoxy) is 2. The lowest BCUT2D eigenvalue weighted by Gasteiger charge is -2.32. The summed E-state index contributed by atoms with van der Waals surface area (Å²) in [5.74, 6) is -2.84. The Morgan fingerprint density at radius 3 is 2.70 bits per heavy atom. The van der Waals surface area contributed by atoms with Crippen LogP contribution in [0, 0.1) is 35.8 Å². The van der Waals surface area contributed by atoms with Crippen LogP contribution >= 0.6 is 0 Å². The number of likely N-dealkylation sites (tertiary alicyclic amines) is 1. The molecule has 47 heavy (non-hydrogen) atoms. The molecule has 2 aliphatic heterocycles. The molecule has 2 saturated heterocycles. The van der Waals surface area contributed by atoms with E-state index in [9.17, 15) is 18.4 Å². The van der Waals surface area contributed by atoms with E-state index in [1.807, 2.05) is 13.0 Å². The molecule has 1 atom stereocenters. The van der Waals surface area contributed by atoms with Crippen molar-refractivity contribution in [2.24, 2.45) is 5.92 Å². The van der Waals surface area contributed by atoms with Gasteiger partial charge in [-0.1, -0.05) is 0 Å². The SMILES string of the molecule is Cc1cc(Nc2nccn3c(-c4ccc(OCC#N)c(F)c4F)cnc23)ccc1C(=O)N1CCC(C(=O)OC[C@H]2CNCCN2)CC1. The fraction of sp³-hybridized carbons (Fsp3) is 0.364. The van der Waals surface area contributed by atoms with Gasteiger partial charge in [-0.25, -0.2) is 14.4 Å². The zero-order valence-electron chi connectivity index (χ0n) is 25.8. The highest BCUT2D eigenvalue weighted by Crippen LogP contribution is 2.32. The van der Waals surface area contributed by atoms with E-state index in [-0.39, 0.29) is 35.1 Å². The summed E-state index contributed by atoms with van der Waals surface area (Å²) in [5, 5.41) is 18.5. The van der Waals surface area contributed by atoms with Crippen LogP contribution in [0.15, 0.2) is 48.9 Å². The molecule has 4 heterocycles. The fourth-order valence-electron chi connectivity index (χ4n) is 5.90. The molecule has 0 aliphatic carbocycles. The van der Waals surface area contributed by atoms with Gasteiger partial charge in [-0.05, 0) is 55.7 Å². The number of fused-ring (bicyclic) bond motifs is 1. The Labute approximate surface area is 269 Å². The molecule has 0 saturated carbocycles. The number of piperidine rings is 1. The minimum absolute atomic E-state index is 0.0367. The van der Waals surface area contributed by atoms with E-state index in [1.54, 1.807) is 33.7 Å². The number of carbonyl (C=O) groups is 2. The highest BCUT2D eigenvalue weighted by Gasteiger charge is 2.30. The number of hydrogen-bond donors (Lipinski definition) is 3. The van der Waals surface area contributed by atoms with Crippen molar-refractivity contribution in [3.05, 3.63) is 71.7 Å². The number of halogens is 2. The number of rotatable bonds is 9. The monoisotopic (exact) mass is 644 g/mol. The second kappa shape index (κ2) is 14.1. The molecule has 244 valence electrons. The maximum Gasteiger partial charge on any atom is 0.309 e. The Morgan fingerprint density at radius 1 is 1.13 bits per heavy atom. The van der Waals surface area contributed by atoms with Gasteiger partial charge in [0.1, 0.15) is 12.7 Å². The van der Waals surface area contributed by atoms with E-state index >= 15 is 0 Å². The summed E-state index contributed by atoms with van der Waals surface area (Å²) in [7, 11) is 0. The number of nitriles is 1. The molecule has 2 aromatic carbocycles. The lowest BCUT2D eigenvalue weighted by atomic mass is 9.96. The molecule has 2 aromatic heterocycles. The molecule has 2 aliphatic rings. The zero-order valence-corrected chi connectivity index (χ0v) is 25.8. The van der Waals surface area contributed by atoms with Crippen molar-refractivity contribution in [2.75, 3.05) is 51.3 Å². The summed E-state index contributed by atoms with van der Waals surface area (Å²) in [5.41, 5.74) is 2.60. The number of piperazine rings is 1. The molecule has 0 spiro atoms. The van der Waals surface area contributed by atoms with Crippen LogP contribution in [-0.2, 0) is 9.53 Å². The van der Waals surface area contributed by atoms with Gasteiger partial charge in [0, 0.05) is 61.9 Å². The third-order valence-electron chi connectivity index (χ3n) is 8.43. The number of hydrogen-bond acceptors (Lipinski definition) is 10. The Hall–Kier alpha value is -5.13. The third-order valence-corrected chi connectivity index (χ3v) is 8.43. The first kappa shape index (κ1) is 31.8. The molecule has 12 nitrogen and oxygen atoms in total. The molecular formula is C33H34F2N8O4. The second-order valence-corrected chi connectivity index (χ2v) is 11.5. The molecule has 1 amide bonds. The fourth-order valence-corrected chi connectivity index (χ4v) is 5.90. The Bertz CT molecular complexity index is 1830. The molecule has 6 rings (SSSR count). The minimum atomic E-state index is -1.20. The van der Waals surface area contributed by atoms with Gasteiger partial charge in [-0.2, -0.15) is 9.65 Å². The number of anilines is 2. The van der Waals surface area contributed by atoms with Crippen molar-refractivity contribution in [1.29, 1.82) is 5.26 Å². The highest BCUT2D eigenvalue weighted by molar-refractivity contribution is 5.96. The van der Waals surface area contributed by atoms with Gasteiger partial charge in [0.25, 0.3) is 5.91 Å². The second-order valence-electron chi connectivity index (χ2n) is 11.5. The largest absolute Gasteiger partial charge is 0.476 e. The Kier molecular flexibility index (Phi) is 9.55. The summed E-state index contributed by atoms with van der Waals surface area (Å²) in [6.45, 7) is 5.24. The first-order valence-corrected chi connectivity index (χ1v) is 15.4.